The van der Waals surface area contributed by atoms with Crippen molar-refractivity contribution in [2.75, 3.05) is 6.54 Å². The molecule has 2 nitrogen and oxygen atoms in total. The summed E-state index contributed by atoms with van der Waals surface area (Å²) in [4.78, 5) is 4.66. The molecule has 0 aliphatic carbocycles. The van der Waals surface area contributed by atoms with Crippen LogP contribution >= 0.6 is 0 Å². The van der Waals surface area contributed by atoms with E-state index in [2.05, 4.69) is 54.5 Å². The number of benzene rings is 1. The molecule has 1 heterocycles. The van der Waals surface area contributed by atoms with E-state index in [0.717, 1.165) is 24.9 Å². The normalized spacial score (nSPS) is 11.2. The monoisotopic (exact) mass is 228 g/mol. The van der Waals surface area contributed by atoms with Gasteiger partial charge in [0.05, 0.1) is 5.52 Å². The molecule has 1 N–H and O–H groups in total. The van der Waals surface area contributed by atoms with E-state index >= 15 is 0 Å². The van der Waals surface area contributed by atoms with Gasteiger partial charge in [0.1, 0.15) is 0 Å². The van der Waals surface area contributed by atoms with Crippen molar-refractivity contribution in [3.05, 3.63) is 42.1 Å². The summed E-state index contributed by atoms with van der Waals surface area (Å²) in [6.07, 6.45) is 2.19. The molecular formula is C15H20N2. The summed E-state index contributed by atoms with van der Waals surface area (Å²) in [5.41, 5.74) is 2.29. The molecular weight excluding hydrogens is 208 g/mol. The van der Waals surface area contributed by atoms with Crippen LogP contribution in [-0.4, -0.2) is 17.6 Å². The Kier molecular flexibility index (Phi) is 4.10. The molecule has 0 radical (unpaired) electrons. The van der Waals surface area contributed by atoms with E-state index in [0.29, 0.717) is 6.04 Å². The predicted octanol–water partition coefficient (Wildman–Crippen LogP) is 3.17. The van der Waals surface area contributed by atoms with Gasteiger partial charge in [-0.15, -0.1) is 0 Å². The molecule has 0 fully saturated rings. The largest absolute Gasteiger partial charge is 0.315 e. The Morgan fingerprint density at radius 3 is 2.76 bits per heavy atom. The van der Waals surface area contributed by atoms with E-state index in [9.17, 15) is 0 Å². The van der Waals surface area contributed by atoms with E-state index in [4.69, 9.17) is 0 Å². The lowest BCUT2D eigenvalue weighted by Crippen LogP contribution is -2.23. The molecule has 0 atom stereocenters. The van der Waals surface area contributed by atoms with Crippen LogP contribution in [0.1, 0.15) is 26.0 Å². The molecule has 0 aliphatic heterocycles. The Morgan fingerprint density at radius 2 is 1.94 bits per heavy atom. The summed E-state index contributed by atoms with van der Waals surface area (Å²) < 4.78 is 0. The van der Waals surface area contributed by atoms with Crippen molar-refractivity contribution in [1.29, 1.82) is 0 Å². The van der Waals surface area contributed by atoms with Crippen LogP contribution < -0.4 is 5.32 Å². The zero-order valence-electron chi connectivity index (χ0n) is 10.6. The molecule has 0 aliphatic rings. The van der Waals surface area contributed by atoms with Crippen LogP contribution in [0, 0.1) is 0 Å². The van der Waals surface area contributed by atoms with E-state index in [-0.39, 0.29) is 0 Å². The van der Waals surface area contributed by atoms with E-state index in [1.165, 1.54) is 11.1 Å². The highest BCUT2D eigenvalue weighted by atomic mass is 14.9. The van der Waals surface area contributed by atoms with Crippen LogP contribution in [0.4, 0.5) is 0 Å². The number of aromatic nitrogens is 1. The smallest absolute Gasteiger partial charge is 0.0705 e. The minimum absolute atomic E-state index is 0.569. The van der Waals surface area contributed by atoms with Crippen molar-refractivity contribution in [1.82, 2.24) is 10.3 Å². The lowest BCUT2D eigenvalue weighted by atomic mass is 10.1. The lowest BCUT2D eigenvalue weighted by molar-refractivity contribution is 0.569. The summed E-state index contributed by atoms with van der Waals surface area (Å²) in [6.45, 7) is 5.41. The Balaban J connectivity index is 1.95. The van der Waals surface area contributed by atoms with Crippen LogP contribution in [0.5, 0.6) is 0 Å². The van der Waals surface area contributed by atoms with Crippen molar-refractivity contribution in [3.8, 4) is 0 Å². The van der Waals surface area contributed by atoms with Gasteiger partial charge < -0.3 is 5.32 Å². The minimum atomic E-state index is 0.569. The number of para-hydroxylation sites is 1. The summed E-state index contributed by atoms with van der Waals surface area (Å²) >= 11 is 0. The lowest BCUT2D eigenvalue weighted by Gasteiger charge is -2.07. The molecule has 1 aromatic heterocycles. The molecule has 2 rings (SSSR count). The molecule has 0 amide bonds. The van der Waals surface area contributed by atoms with Gasteiger partial charge in [0.15, 0.2) is 0 Å². The van der Waals surface area contributed by atoms with Crippen molar-refractivity contribution >= 4 is 10.9 Å². The number of nitrogens with zero attached hydrogens (tertiary/aromatic N) is 1. The van der Waals surface area contributed by atoms with Gasteiger partial charge in [-0.3, -0.25) is 4.98 Å². The fourth-order valence-corrected chi connectivity index (χ4v) is 1.91. The molecule has 0 spiro atoms. The zero-order chi connectivity index (χ0) is 12.1. The van der Waals surface area contributed by atoms with Gasteiger partial charge >= 0.3 is 0 Å². The van der Waals surface area contributed by atoms with Gasteiger partial charge in [-0.25, -0.2) is 0 Å². The van der Waals surface area contributed by atoms with Crippen molar-refractivity contribution < 1.29 is 0 Å². The quantitative estimate of drug-likeness (QED) is 0.795. The van der Waals surface area contributed by atoms with Crippen LogP contribution in [0.25, 0.3) is 10.9 Å². The molecule has 90 valence electrons. The molecule has 17 heavy (non-hydrogen) atoms. The first-order valence-corrected chi connectivity index (χ1v) is 6.34. The second-order valence-corrected chi connectivity index (χ2v) is 4.71. The molecule has 0 saturated heterocycles. The molecule has 2 aromatic rings. The highest BCUT2D eigenvalue weighted by Gasteiger charge is 1.98. The Bertz CT molecular complexity index is 477. The van der Waals surface area contributed by atoms with Crippen molar-refractivity contribution in [2.24, 2.45) is 0 Å². The maximum Gasteiger partial charge on any atom is 0.0705 e. The Hall–Kier alpha value is -1.41. The van der Waals surface area contributed by atoms with Crippen LogP contribution in [0.15, 0.2) is 36.4 Å². The average molecular weight is 228 g/mol. The SMILES string of the molecule is CC(C)NCCCc1ccc2ccccc2n1. The van der Waals surface area contributed by atoms with E-state index < -0.39 is 0 Å². The number of nitrogens with one attached hydrogen (secondary N) is 1. The summed E-state index contributed by atoms with van der Waals surface area (Å²) in [6, 6.07) is 13.1. The third-order valence-corrected chi connectivity index (χ3v) is 2.82. The Morgan fingerprint density at radius 1 is 1.12 bits per heavy atom. The number of aryl methyl sites for hydroxylation is 1. The summed E-state index contributed by atoms with van der Waals surface area (Å²) in [5.74, 6) is 0. The fraction of sp³-hybridized carbons (Fsp3) is 0.400. The zero-order valence-corrected chi connectivity index (χ0v) is 10.6. The molecule has 0 unspecified atom stereocenters. The summed E-state index contributed by atoms with van der Waals surface area (Å²) in [5, 5.41) is 4.64. The first-order chi connectivity index (χ1) is 8.25. The molecule has 0 saturated carbocycles. The first kappa shape index (κ1) is 12.1. The second-order valence-electron chi connectivity index (χ2n) is 4.71. The summed E-state index contributed by atoms with van der Waals surface area (Å²) in [7, 11) is 0. The maximum atomic E-state index is 4.66. The number of rotatable bonds is 5. The number of hydrogen-bond acceptors (Lipinski definition) is 2. The van der Waals surface area contributed by atoms with Gasteiger partial charge in [0, 0.05) is 17.1 Å². The van der Waals surface area contributed by atoms with Crippen LogP contribution in [-0.2, 0) is 6.42 Å². The molecule has 2 heteroatoms. The van der Waals surface area contributed by atoms with Crippen molar-refractivity contribution in [3.63, 3.8) is 0 Å². The number of hydrogen-bond donors (Lipinski definition) is 1. The predicted molar refractivity (Wildman–Crippen MR) is 73.2 cm³/mol. The van der Waals surface area contributed by atoms with Crippen LogP contribution in [0.2, 0.25) is 0 Å². The van der Waals surface area contributed by atoms with Crippen molar-refractivity contribution in [2.45, 2.75) is 32.7 Å². The third kappa shape index (κ3) is 3.53. The Labute approximate surface area is 103 Å². The average Bonchev–Trinajstić information content (AvgIpc) is 2.34. The topological polar surface area (TPSA) is 24.9 Å². The highest BCUT2D eigenvalue weighted by molar-refractivity contribution is 5.78. The van der Waals surface area contributed by atoms with Crippen LogP contribution in [0.3, 0.4) is 0 Å². The standard InChI is InChI=1S/C15H20N2/c1-12(2)16-11-5-7-14-10-9-13-6-3-4-8-15(13)17-14/h3-4,6,8-10,12,16H,5,7,11H2,1-2H3. The third-order valence-electron chi connectivity index (χ3n) is 2.82. The van der Waals surface area contributed by atoms with Gasteiger partial charge in [-0.2, -0.15) is 0 Å². The molecule has 1 aromatic carbocycles. The number of fused-ring (bicyclic) bond motifs is 1. The maximum absolute atomic E-state index is 4.66. The van der Waals surface area contributed by atoms with Gasteiger partial charge in [-0.05, 0) is 31.5 Å². The van der Waals surface area contributed by atoms with Gasteiger partial charge in [-0.1, -0.05) is 38.1 Å². The second kappa shape index (κ2) is 5.78. The van der Waals surface area contributed by atoms with E-state index in [1.54, 1.807) is 0 Å². The first-order valence-electron chi connectivity index (χ1n) is 6.34. The van der Waals surface area contributed by atoms with E-state index in [1.807, 2.05) is 6.07 Å². The number of pyridine rings is 1. The van der Waals surface area contributed by atoms with Gasteiger partial charge in [0.25, 0.3) is 0 Å². The minimum Gasteiger partial charge on any atom is -0.315 e. The molecule has 0 bridgehead atoms. The fourth-order valence-electron chi connectivity index (χ4n) is 1.91. The highest BCUT2D eigenvalue weighted by Crippen LogP contribution is 2.12. The van der Waals surface area contributed by atoms with Gasteiger partial charge in [0.2, 0.25) is 0 Å².